The van der Waals surface area contributed by atoms with E-state index in [1.807, 2.05) is 0 Å². The molecule has 0 saturated carbocycles. The SMILES string of the molecule is O=C(NCCOc1ccc(Cl)cc1)c1cc(F)c(Cl)cc1Cl. The van der Waals surface area contributed by atoms with Crippen molar-refractivity contribution < 1.29 is 13.9 Å². The second-order valence-corrected chi connectivity index (χ2v) is 5.56. The van der Waals surface area contributed by atoms with E-state index < -0.39 is 11.7 Å². The van der Waals surface area contributed by atoms with Crippen molar-refractivity contribution in [1.82, 2.24) is 5.32 Å². The highest BCUT2D eigenvalue weighted by Gasteiger charge is 2.13. The Morgan fingerprint density at radius 1 is 1.09 bits per heavy atom. The van der Waals surface area contributed by atoms with Crippen molar-refractivity contribution in [1.29, 1.82) is 0 Å². The summed E-state index contributed by atoms with van der Waals surface area (Å²) >= 11 is 17.2. The number of rotatable bonds is 5. The summed E-state index contributed by atoms with van der Waals surface area (Å²) in [5, 5.41) is 3.15. The van der Waals surface area contributed by atoms with Gasteiger partial charge in [-0.1, -0.05) is 34.8 Å². The first kappa shape index (κ1) is 16.9. The molecule has 2 aromatic rings. The zero-order chi connectivity index (χ0) is 16.1. The van der Waals surface area contributed by atoms with E-state index in [0.29, 0.717) is 10.8 Å². The second-order valence-electron chi connectivity index (χ2n) is 4.30. The topological polar surface area (TPSA) is 38.3 Å². The van der Waals surface area contributed by atoms with Gasteiger partial charge in [-0.3, -0.25) is 4.79 Å². The van der Waals surface area contributed by atoms with Gasteiger partial charge in [0.15, 0.2) is 0 Å². The van der Waals surface area contributed by atoms with Crippen molar-refractivity contribution in [3.63, 3.8) is 0 Å². The average molecular weight is 363 g/mol. The molecule has 2 rings (SSSR count). The first-order chi connectivity index (χ1) is 10.5. The molecule has 0 saturated heterocycles. The maximum absolute atomic E-state index is 13.4. The Morgan fingerprint density at radius 3 is 2.45 bits per heavy atom. The summed E-state index contributed by atoms with van der Waals surface area (Å²) < 4.78 is 18.8. The molecule has 0 atom stereocenters. The van der Waals surface area contributed by atoms with Crippen LogP contribution in [0.4, 0.5) is 4.39 Å². The predicted octanol–water partition coefficient (Wildman–Crippen LogP) is 4.59. The zero-order valence-corrected chi connectivity index (χ0v) is 13.5. The van der Waals surface area contributed by atoms with Gasteiger partial charge in [0.25, 0.3) is 5.91 Å². The molecule has 1 amide bonds. The third-order valence-corrected chi connectivity index (χ3v) is 3.58. The van der Waals surface area contributed by atoms with Crippen LogP contribution in [0.3, 0.4) is 0 Å². The van der Waals surface area contributed by atoms with Crippen molar-refractivity contribution in [2.24, 2.45) is 0 Å². The Balaban J connectivity index is 1.85. The molecular weight excluding hydrogens is 352 g/mol. The molecule has 0 spiro atoms. The van der Waals surface area contributed by atoms with Gasteiger partial charge < -0.3 is 10.1 Å². The van der Waals surface area contributed by atoms with Gasteiger partial charge in [-0.2, -0.15) is 0 Å². The summed E-state index contributed by atoms with van der Waals surface area (Å²) in [6.45, 7) is 0.489. The van der Waals surface area contributed by atoms with Crippen LogP contribution in [-0.2, 0) is 0 Å². The highest BCUT2D eigenvalue weighted by Crippen LogP contribution is 2.24. The van der Waals surface area contributed by atoms with Crippen LogP contribution in [0, 0.1) is 5.82 Å². The molecule has 0 fully saturated rings. The lowest BCUT2D eigenvalue weighted by Gasteiger charge is -2.09. The molecule has 7 heteroatoms. The molecule has 0 aliphatic heterocycles. The lowest BCUT2D eigenvalue weighted by atomic mass is 10.2. The maximum Gasteiger partial charge on any atom is 0.253 e. The van der Waals surface area contributed by atoms with E-state index in [-0.39, 0.29) is 28.8 Å². The summed E-state index contributed by atoms with van der Waals surface area (Å²) in [7, 11) is 0. The molecule has 0 bridgehead atoms. The smallest absolute Gasteiger partial charge is 0.253 e. The minimum atomic E-state index is -0.700. The molecule has 1 N–H and O–H groups in total. The minimum Gasteiger partial charge on any atom is -0.492 e. The molecule has 22 heavy (non-hydrogen) atoms. The Morgan fingerprint density at radius 2 is 1.77 bits per heavy atom. The number of hydrogen-bond donors (Lipinski definition) is 1. The highest BCUT2D eigenvalue weighted by molar-refractivity contribution is 6.36. The van der Waals surface area contributed by atoms with E-state index in [2.05, 4.69) is 5.32 Å². The van der Waals surface area contributed by atoms with Gasteiger partial charge in [-0.05, 0) is 36.4 Å². The van der Waals surface area contributed by atoms with Crippen LogP contribution in [0.1, 0.15) is 10.4 Å². The molecule has 0 aliphatic rings. The number of ether oxygens (including phenoxy) is 1. The Bertz CT molecular complexity index is 677. The fourth-order valence-electron chi connectivity index (χ4n) is 1.66. The van der Waals surface area contributed by atoms with Gasteiger partial charge in [-0.15, -0.1) is 0 Å². The van der Waals surface area contributed by atoms with Crippen molar-refractivity contribution in [2.45, 2.75) is 0 Å². The molecule has 3 nitrogen and oxygen atoms in total. The minimum absolute atomic E-state index is 0.0232. The summed E-state index contributed by atoms with van der Waals surface area (Å²) in [4.78, 5) is 11.9. The average Bonchev–Trinajstić information content (AvgIpc) is 2.49. The molecular formula is C15H11Cl3FNO2. The number of amides is 1. The Labute approximate surface area is 141 Å². The van der Waals surface area contributed by atoms with Crippen LogP contribution in [0.15, 0.2) is 36.4 Å². The summed E-state index contributed by atoms with van der Waals surface area (Å²) in [5.74, 6) is -0.567. The van der Waals surface area contributed by atoms with E-state index in [4.69, 9.17) is 39.5 Å². The number of benzene rings is 2. The molecule has 0 heterocycles. The van der Waals surface area contributed by atoms with Crippen LogP contribution in [0.25, 0.3) is 0 Å². The highest BCUT2D eigenvalue weighted by atomic mass is 35.5. The second kappa shape index (κ2) is 7.68. The summed E-state index contributed by atoms with van der Waals surface area (Å²) in [6, 6.07) is 9.03. The predicted molar refractivity (Wildman–Crippen MR) is 85.7 cm³/mol. The van der Waals surface area contributed by atoms with Crippen LogP contribution in [0.5, 0.6) is 5.75 Å². The van der Waals surface area contributed by atoms with Crippen molar-refractivity contribution >= 4 is 40.7 Å². The van der Waals surface area contributed by atoms with E-state index >= 15 is 0 Å². The summed E-state index contributed by atoms with van der Waals surface area (Å²) in [5.41, 5.74) is 0.0232. The fourth-order valence-corrected chi connectivity index (χ4v) is 2.25. The van der Waals surface area contributed by atoms with Crippen LogP contribution in [0.2, 0.25) is 15.1 Å². The lowest BCUT2D eigenvalue weighted by molar-refractivity contribution is 0.0946. The normalized spacial score (nSPS) is 10.4. The standard InChI is InChI=1S/C15H11Cl3FNO2/c16-9-1-3-10(4-2-9)22-6-5-20-15(21)11-7-14(19)13(18)8-12(11)17/h1-4,7-8H,5-6H2,(H,20,21). The van der Waals surface area contributed by atoms with E-state index in [1.165, 1.54) is 6.07 Å². The van der Waals surface area contributed by atoms with Crippen LogP contribution in [-0.4, -0.2) is 19.1 Å². The third-order valence-electron chi connectivity index (χ3n) is 2.72. The first-order valence-corrected chi connectivity index (χ1v) is 7.42. The fraction of sp³-hybridized carbons (Fsp3) is 0.133. The number of carbonyl (C=O) groups excluding carboxylic acids is 1. The van der Waals surface area contributed by atoms with Crippen LogP contribution >= 0.6 is 34.8 Å². The Hall–Kier alpha value is -1.49. The number of nitrogens with one attached hydrogen (secondary N) is 1. The van der Waals surface area contributed by atoms with Gasteiger partial charge in [0.05, 0.1) is 22.2 Å². The summed E-state index contributed by atoms with van der Waals surface area (Å²) in [6.07, 6.45) is 0. The van der Waals surface area contributed by atoms with E-state index in [9.17, 15) is 9.18 Å². The van der Waals surface area contributed by atoms with Gasteiger partial charge in [0.2, 0.25) is 0 Å². The zero-order valence-electron chi connectivity index (χ0n) is 11.2. The van der Waals surface area contributed by atoms with Crippen LogP contribution < -0.4 is 10.1 Å². The number of carbonyl (C=O) groups is 1. The monoisotopic (exact) mass is 361 g/mol. The molecule has 0 aromatic heterocycles. The molecule has 0 unspecified atom stereocenters. The number of halogens is 4. The van der Waals surface area contributed by atoms with Crippen molar-refractivity contribution in [3.05, 3.63) is 62.8 Å². The van der Waals surface area contributed by atoms with Gasteiger partial charge in [0, 0.05) is 5.02 Å². The van der Waals surface area contributed by atoms with Gasteiger partial charge >= 0.3 is 0 Å². The van der Waals surface area contributed by atoms with Crippen molar-refractivity contribution in [2.75, 3.05) is 13.2 Å². The quantitative estimate of drug-likeness (QED) is 0.624. The van der Waals surface area contributed by atoms with Gasteiger partial charge in [-0.25, -0.2) is 4.39 Å². The third kappa shape index (κ3) is 4.50. The van der Waals surface area contributed by atoms with Crippen molar-refractivity contribution in [3.8, 4) is 5.75 Å². The van der Waals surface area contributed by atoms with Gasteiger partial charge in [0.1, 0.15) is 18.2 Å². The maximum atomic E-state index is 13.4. The first-order valence-electron chi connectivity index (χ1n) is 6.28. The van der Waals surface area contributed by atoms with E-state index in [1.54, 1.807) is 24.3 Å². The molecule has 2 aromatic carbocycles. The molecule has 0 aliphatic carbocycles. The lowest BCUT2D eigenvalue weighted by Crippen LogP contribution is -2.28. The Kier molecular flexibility index (Phi) is 5.89. The largest absolute Gasteiger partial charge is 0.492 e. The molecule has 116 valence electrons. The van der Waals surface area contributed by atoms with E-state index in [0.717, 1.165) is 6.07 Å². The molecule has 0 radical (unpaired) electrons. The number of hydrogen-bond acceptors (Lipinski definition) is 2.